The van der Waals surface area contributed by atoms with Gasteiger partial charge in [-0.05, 0) is 26.8 Å². The maximum atomic E-state index is 11.5. The molecule has 0 radical (unpaired) electrons. The largest absolute Gasteiger partial charge is 0.493 e. The van der Waals surface area contributed by atoms with Crippen molar-refractivity contribution in [1.29, 1.82) is 0 Å². The predicted molar refractivity (Wildman–Crippen MR) is 68.3 cm³/mol. The molecule has 0 unspecified atom stereocenters. The molecule has 0 aliphatic heterocycles. The van der Waals surface area contributed by atoms with Crippen LogP contribution in [0.5, 0.6) is 5.75 Å². The van der Waals surface area contributed by atoms with Crippen LogP contribution in [0.25, 0.3) is 0 Å². The fraction of sp³-hybridized carbons (Fsp3) is 0.500. The molecular formula is C14H20O4. The minimum atomic E-state index is -0.472. The van der Waals surface area contributed by atoms with Crippen LogP contribution >= 0.6 is 0 Å². The van der Waals surface area contributed by atoms with Gasteiger partial charge in [-0.1, -0.05) is 18.2 Å². The molecule has 0 aliphatic rings. The topological polar surface area (TPSA) is 55.8 Å². The molecule has 0 aromatic heterocycles. The molecule has 0 fully saturated rings. The van der Waals surface area contributed by atoms with Crippen LogP contribution in [0.2, 0.25) is 0 Å². The number of carbonyl (C=O) groups is 1. The van der Waals surface area contributed by atoms with Crippen molar-refractivity contribution in [2.45, 2.75) is 39.4 Å². The van der Waals surface area contributed by atoms with Crippen LogP contribution in [-0.4, -0.2) is 23.3 Å². The summed E-state index contributed by atoms with van der Waals surface area (Å²) < 4.78 is 10.6. The first-order valence-electron chi connectivity index (χ1n) is 5.96. The molecule has 100 valence electrons. The van der Waals surface area contributed by atoms with Gasteiger partial charge in [0.25, 0.3) is 0 Å². The first-order valence-corrected chi connectivity index (χ1v) is 5.96. The quantitative estimate of drug-likeness (QED) is 0.817. The van der Waals surface area contributed by atoms with E-state index < -0.39 is 5.60 Å². The van der Waals surface area contributed by atoms with E-state index in [1.165, 1.54) is 0 Å². The number of benzene rings is 1. The maximum absolute atomic E-state index is 11.5. The first-order chi connectivity index (χ1) is 8.42. The summed E-state index contributed by atoms with van der Waals surface area (Å²) in [4.78, 5) is 11.5. The van der Waals surface area contributed by atoms with Crippen molar-refractivity contribution >= 4 is 5.97 Å². The number of ether oxygens (including phenoxy) is 2. The van der Waals surface area contributed by atoms with E-state index >= 15 is 0 Å². The zero-order chi connectivity index (χ0) is 13.6. The van der Waals surface area contributed by atoms with Gasteiger partial charge < -0.3 is 14.6 Å². The van der Waals surface area contributed by atoms with Crippen molar-refractivity contribution < 1.29 is 19.4 Å². The van der Waals surface area contributed by atoms with E-state index in [2.05, 4.69) is 0 Å². The Labute approximate surface area is 108 Å². The lowest BCUT2D eigenvalue weighted by Gasteiger charge is -2.19. The lowest BCUT2D eigenvalue weighted by atomic mass is 10.2. The smallest absolute Gasteiger partial charge is 0.309 e. The molecule has 0 saturated heterocycles. The summed E-state index contributed by atoms with van der Waals surface area (Å²) in [7, 11) is 0. The Morgan fingerprint density at radius 3 is 2.56 bits per heavy atom. The zero-order valence-corrected chi connectivity index (χ0v) is 11.1. The van der Waals surface area contributed by atoms with Gasteiger partial charge in [0, 0.05) is 5.56 Å². The summed E-state index contributed by atoms with van der Waals surface area (Å²) in [5, 5.41) is 9.11. The third kappa shape index (κ3) is 5.19. The second-order valence-electron chi connectivity index (χ2n) is 4.95. The van der Waals surface area contributed by atoms with E-state index in [1.54, 1.807) is 12.1 Å². The third-order valence-corrected chi connectivity index (χ3v) is 2.13. The van der Waals surface area contributed by atoms with Crippen LogP contribution in [-0.2, 0) is 16.1 Å². The minimum Gasteiger partial charge on any atom is -0.493 e. The molecule has 0 saturated carbocycles. The van der Waals surface area contributed by atoms with Crippen molar-refractivity contribution in [2.24, 2.45) is 0 Å². The number of para-hydroxylation sites is 1. The normalized spacial score (nSPS) is 11.1. The summed E-state index contributed by atoms with van der Waals surface area (Å²) in [6.45, 7) is 5.64. The van der Waals surface area contributed by atoms with Crippen LogP contribution in [0.3, 0.4) is 0 Å². The Kier molecular flexibility index (Phi) is 5.16. The molecule has 0 spiro atoms. The van der Waals surface area contributed by atoms with E-state index in [0.717, 1.165) is 0 Å². The highest BCUT2D eigenvalue weighted by Crippen LogP contribution is 2.18. The first kappa shape index (κ1) is 14.5. The van der Waals surface area contributed by atoms with Crippen molar-refractivity contribution in [3.63, 3.8) is 0 Å². The van der Waals surface area contributed by atoms with Crippen molar-refractivity contribution in [1.82, 2.24) is 0 Å². The fourth-order valence-corrected chi connectivity index (χ4v) is 1.41. The van der Waals surface area contributed by atoms with E-state index in [1.807, 2.05) is 32.9 Å². The van der Waals surface area contributed by atoms with Gasteiger partial charge in [-0.25, -0.2) is 0 Å². The minimum absolute atomic E-state index is 0.0807. The maximum Gasteiger partial charge on any atom is 0.309 e. The molecule has 0 atom stereocenters. The molecule has 1 rings (SSSR count). The standard InChI is InChI=1S/C14H20O4/c1-14(2,3)18-13(16)8-9-17-12-7-5-4-6-11(12)10-15/h4-7,15H,8-10H2,1-3H3. The van der Waals surface area contributed by atoms with Crippen molar-refractivity contribution in [3.05, 3.63) is 29.8 Å². The molecule has 18 heavy (non-hydrogen) atoms. The molecule has 1 aromatic rings. The third-order valence-electron chi connectivity index (χ3n) is 2.13. The van der Waals surface area contributed by atoms with Gasteiger partial charge in [0.2, 0.25) is 0 Å². The van der Waals surface area contributed by atoms with Crippen LogP contribution in [0, 0.1) is 0 Å². The average molecular weight is 252 g/mol. The molecular weight excluding hydrogens is 232 g/mol. The Morgan fingerprint density at radius 1 is 1.28 bits per heavy atom. The highest BCUT2D eigenvalue weighted by molar-refractivity contribution is 5.70. The van der Waals surface area contributed by atoms with Crippen LogP contribution < -0.4 is 4.74 Å². The van der Waals surface area contributed by atoms with Gasteiger partial charge in [0.05, 0.1) is 19.6 Å². The SMILES string of the molecule is CC(C)(C)OC(=O)CCOc1ccccc1CO. The van der Waals surface area contributed by atoms with Gasteiger partial charge in [-0.2, -0.15) is 0 Å². The Hall–Kier alpha value is -1.55. The van der Waals surface area contributed by atoms with Gasteiger partial charge in [-0.3, -0.25) is 4.79 Å². The molecule has 1 N–H and O–H groups in total. The second-order valence-corrected chi connectivity index (χ2v) is 4.95. The Bertz CT molecular complexity index is 393. The van der Waals surface area contributed by atoms with Crippen LogP contribution in [0.15, 0.2) is 24.3 Å². The number of esters is 1. The van der Waals surface area contributed by atoms with E-state index in [9.17, 15) is 4.79 Å². The van der Waals surface area contributed by atoms with Gasteiger partial charge in [0.15, 0.2) is 0 Å². The lowest BCUT2D eigenvalue weighted by Crippen LogP contribution is -2.24. The number of rotatable bonds is 5. The summed E-state index contributed by atoms with van der Waals surface area (Å²) in [5.74, 6) is 0.313. The molecule has 0 aliphatic carbocycles. The summed E-state index contributed by atoms with van der Waals surface area (Å²) in [5.41, 5.74) is 0.238. The summed E-state index contributed by atoms with van der Waals surface area (Å²) >= 11 is 0. The van der Waals surface area contributed by atoms with E-state index in [4.69, 9.17) is 14.6 Å². The number of carbonyl (C=O) groups excluding carboxylic acids is 1. The van der Waals surface area contributed by atoms with Crippen molar-refractivity contribution in [2.75, 3.05) is 6.61 Å². The van der Waals surface area contributed by atoms with Crippen molar-refractivity contribution in [3.8, 4) is 5.75 Å². The molecule has 1 aromatic carbocycles. The Balaban J connectivity index is 2.40. The number of aliphatic hydroxyl groups is 1. The zero-order valence-electron chi connectivity index (χ0n) is 11.1. The molecule has 0 bridgehead atoms. The summed E-state index contributed by atoms with van der Waals surface area (Å²) in [6, 6.07) is 7.19. The Morgan fingerprint density at radius 2 is 1.94 bits per heavy atom. The van der Waals surface area contributed by atoms with Crippen LogP contribution in [0.1, 0.15) is 32.8 Å². The molecule has 0 heterocycles. The van der Waals surface area contributed by atoms with Gasteiger partial charge in [-0.15, -0.1) is 0 Å². The monoisotopic (exact) mass is 252 g/mol. The predicted octanol–water partition coefficient (Wildman–Crippen LogP) is 2.29. The molecule has 4 heteroatoms. The highest BCUT2D eigenvalue weighted by atomic mass is 16.6. The van der Waals surface area contributed by atoms with Gasteiger partial charge >= 0.3 is 5.97 Å². The number of hydrogen-bond donors (Lipinski definition) is 1. The van der Waals surface area contributed by atoms with Crippen LogP contribution in [0.4, 0.5) is 0 Å². The fourth-order valence-electron chi connectivity index (χ4n) is 1.41. The molecule has 0 amide bonds. The summed E-state index contributed by atoms with van der Waals surface area (Å²) in [6.07, 6.45) is 0.192. The average Bonchev–Trinajstić information content (AvgIpc) is 2.27. The second kappa shape index (κ2) is 6.40. The number of hydrogen-bond acceptors (Lipinski definition) is 4. The molecule has 4 nitrogen and oxygen atoms in total. The number of aliphatic hydroxyl groups excluding tert-OH is 1. The highest BCUT2D eigenvalue weighted by Gasteiger charge is 2.16. The van der Waals surface area contributed by atoms with E-state index in [0.29, 0.717) is 11.3 Å². The lowest BCUT2D eigenvalue weighted by molar-refractivity contribution is -0.155. The van der Waals surface area contributed by atoms with E-state index in [-0.39, 0.29) is 25.6 Å². The van der Waals surface area contributed by atoms with Gasteiger partial charge in [0.1, 0.15) is 11.4 Å².